The Kier molecular flexibility index (Phi) is 5.46. The Morgan fingerprint density at radius 2 is 1.73 bits per heavy atom. The van der Waals surface area contributed by atoms with Crippen LogP contribution in [0, 0.1) is 28.6 Å². The van der Waals surface area contributed by atoms with Crippen LogP contribution in [0.5, 0.6) is 0 Å². The van der Waals surface area contributed by atoms with Gasteiger partial charge in [0.1, 0.15) is 11.9 Å². The van der Waals surface area contributed by atoms with Crippen molar-refractivity contribution in [2.24, 2.45) is 5.92 Å². The van der Waals surface area contributed by atoms with Gasteiger partial charge in [-0.15, -0.1) is 0 Å². The number of carbonyl (C=O) groups excluding carboxylic acids is 1. The van der Waals surface area contributed by atoms with Gasteiger partial charge in [-0.1, -0.05) is 12.1 Å². The Balaban J connectivity index is 1.48. The minimum absolute atomic E-state index is 0.00279. The van der Waals surface area contributed by atoms with Gasteiger partial charge in [0.05, 0.1) is 17.2 Å². The second-order valence-electron chi connectivity index (χ2n) is 6.30. The Morgan fingerprint density at radius 1 is 1.08 bits per heavy atom. The van der Waals surface area contributed by atoms with Crippen LogP contribution in [0.2, 0.25) is 0 Å². The third-order valence-electron chi connectivity index (χ3n) is 4.62. The lowest BCUT2D eigenvalue weighted by atomic mass is 9.95. The Bertz CT molecular complexity index is 838. The van der Waals surface area contributed by atoms with Gasteiger partial charge in [-0.2, -0.15) is 10.5 Å². The molecule has 6 heteroatoms. The molecule has 0 aliphatic carbocycles. The topological polar surface area (TPSA) is 92.8 Å². The predicted molar refractivity (Wildman–Crippen MR) is 96.9 cm³/mol. The number of rotatable bonds is 4. The van der Waals surface area contributed by atoms with Gasteiger partial charge in [0, 0.05) is 31.7 Å². The molecule has 6 nitrogen and oxygen atoms in total. The highest BCUT2D eigenvalue weighted by molar-refractivity contribution is 5.79. The van der Waals surface area contributed by atoms with Crippen LogP contribution in [0.3, 0.4) is 0 Å². The molecule has 1 fully saturated rings. The van der Waals surface area contributed by atoms with Gasteiger partial charge in [-0.3, -0.25) is 4.79 Å². The van der Waals surface area contributed by atoms with E-state index in [0.717, 1.165) is 37.3 Å². The number of hydrogen-bond acceptors (Lipinski definition) is 5. The van der Waals surface area contributed by atoms with E-state index in [1.165, 1.54) is 0 Å². The van der Waals surface area contributed by atoms with E-state index in [1.54, 1.807) is 24.4 Å². The summed E-state index contributed by atoms with van der Waals surface area (Å²) >= 11 is 0. The molecule has 130 valence electrons. The molecule has 0 unspecified atom stereocenters. The van der Waals surface area contributed by atoms with E-state index in [1.807, 2.05) is 18.2 Å². The van der Waals surface area contributed by atoms with Gasteiger partial charge >= 0.3 is 0 Å². The molecule has 1 aliphatic rings. The van der Waals surface area contributed by atoms with Gasteiger partial charge in [-0.25, -0.2) is 4.98 Å². The Hall–Kier alpha value is -3.38. The standard InChI is InChI=1S/C20H19N5O/c21-11-15-1-3-16(4-2-15)13-24-20(26)18-7-9-25(10-8-18)19-6-5-17(12-22)14-23-19/h1-6,14,18H,7-10,13H2,(H,24,26). The quantitative estimate of drug-likeness (QED) is 0.918. The first-order valence-electron chi connectivity index (χ1n) is 8.57. The summed E-state index contributed by atoms with van der Waals surface area (Å²) in [4.78, 5) is 18.8. The van der Waals surface area contributed by atoms with Crippen molar-refractivity contribution in [3.8, 4) is 12.1 Å². The van der Waals surface area contributed by atoms with Gasteiger partial charge in [0.15, 0.2) is 0 Å². The maximum Gasteiger partial charge on any atom is 0.223 e. The molecule has 3 rings (SSSR count). The lowest BCUT2D eigenvalue weighted by Gasteiger charge is -2.32. The Morgan fingerprint density at radius 3 is 2.31 bits per heavy atom. The molecule has 1 aromatic heterocycles. The number of nitrogens with one attached hydrogen (secondary N) is 1. The van der Waals surface area contributed by atoms with E-state index >= 15 is 0 Å². The first kappa shape index (κ1) is 17.4. The van der Waals surface area contributed by atoms with Crippen molar-refractivity contribution in [3.05, 3.63) is 59.3 Å². The van der Waals surface area contributed by atoms with Crippen molar-refractivity contribution in [2.45, 2.75) is 19.4 Å². The number of aromatic nitrogens is 1. The molecule has 1 N–H and O–H groups in total. The number of anilines is 1. The average Bonchev–Trinajstić information content (AvgIpc) is 2.72. The smallest absolute Gasteiger partial charge is 0.223 e. The van der Waals surface area contributed by atoms with Crippen LogP contribution >= 0.6 is 0 Å². The first-order chi connectivity index (χ1) is 12.7. The maximum atomic E-state index is 12.4. The zero-order valence-electron chi connectivity index (χ0n) is 14.4. The number of amides is 1. The fourth-order valence-electron chi connectivity index (χ4n) is 3.04. The number of pyridine rings is 1. The van der Waals surface area contributed by atoms with E-state index in [9.17, 15) is 4.79 Å². The second kappa shape index (κ2) is 8.13. The molecule has 0 saturated carbocycles. The molecular formula is C20H19N5O. The van der Waals surface area contributed by atoms with E-state index in [2.05, 4.69) is 27.3 Å². The molecule has 1 aromatic carbocycles. The minimum Gasteiger partial charge on any atom is -0.357 e. The third kappa shape index (κ3) is 4.17. The van der Waals surface area contributed by atoms with Crippen LogP contribution < -0.4 is 10.2 Å². The molecule has 0 radical (unpaired) electrons. The van der Waals surface area contributed by atoms with Crippen molar-refractivity contribution in [2.75, 3.05) is 18.0 Å². The SMILES string of the molecule is N#Cc1ccc(CNC(=O)C2CCN(c3ccc(C#N)cn3)CC2)cc1. The van der Waals surface area contributed by atoms with Crippen LogP contribution in [0.4, 0.5) is 5.82 Å². The van der Waals surface area contributed by atoms with Crippen molar-refractivity contribution in [1.29, 1.82) is 10.5 Å². The molecule has 1 amide bonds. The van der Waals surface area contributed by atoms with Crippen LogP contribution in [-0.2, 0) is 11.3 Å². The zero-order chi connectivity index (χ0) is 18.4. The molecule has 26 heavy (non-hydrogen) atoms. The average molecular weight is 345 g/mol. The van der Waals surface area contributed by atoms with E-state index in [0.29, 0.717) is 17.7 Å². The van der Waals surface area contributed by atoms with Crippen molar-refractivity contribution >= 4 is 11.7 Å². The summed E-state index contributed by atoms with van der Waals surface area (Å²) < 4.78 is 0. The molecule has 1 saturated heterocycles. The van der Waals surface area contributed by atoms with Gasteiger partial charge in [-0.05, 0) is 42.7 Å². The highest BCUT2D eigenvalue weighted by Gasteiger charge is 2.25. The van der Waals surface area contributed by atoms with Crippen LogP contribution in [0.15, 0.2) is 42.6 Å². The lowest BCUT2D eigenvalue weighted by molar-refractivity contribution is -0.125. The second-order valence-corrected chi connectivity index (χ2v) is 6.30. The highest BCUT2D eigenvalue weighted by atomic mass is 16.1. The molecule has 2 heterocycles. The molecule has 0 atom stereocenters. The lowest BCUT2D eigenvalue weighted by Crippen LogP contribution is -2.40. The molecule has 0 bridgehead atoms. The first-order valence-corrected chi connectivity index (χ1v) is 8.57. The predicted octanol–water partition coefficient (Wildman–Crippen LogP) is 2.36. The summed E-state index contributed by atoms with van der Waals surface area (Å²) in [6.45, 7) is 2.02. The Labute approximate surface area is 152 Å². The van der Waals surface area contributed by atoms with Crippen LogP contribution in [0.25, 0.3) is 0 Å². The van der Waals surface area contributed by atoms with Gasteiger partial charge in [0.2, 0.25) is 5.91 Å². The van der Waals surface area contributed by atoms with E-state index in [-0.39, 0.29) is 11.8 Å². The number of piperidine rings is 1. The van der Waals surface area contributed by atoms with Crippen molar-refractivity contribution in [3.63, 3.8) is 0 Å². The number of nitriles is 2. The molecule has 2 aromatic rings. The molecule has 0 spiro atoms. The number of hydrogen-bond donors (Lipinski definition) is 1. The fraction of sp³-hybridized carbons (Fsp3) is 0.300. The van der Waals surface area contributed by atoms with E-state index in [4.69, 9.17) is 10.5 Å². The third-order valence-corrected chi connectivity index (χ3v) is 4.62. The number of carbonyl (C=O) groups is 1. The summed E-state index contributed by atoms with van der Waals surface area (Å²) in [5.74, 6) is 0.922. The summed E-state index contributed by atoms with van der Waals surface area (Å²) in [6.07, 6.45) is 3.13. The minimum atomic E-state index is 0.00279. The monoisotopic (exact) mass is 345 g/mol. The van der Waals surface area contributed by atoms with Crippen molar-refractivity contribution < 1.29 is 4.79 Å². The van der Waals surface area contributed by atoms with Crippen LogP contribution in [-0.4, -0.2) is 24.0 Å². The summed E-state index contributed by atoms with van der Waals surface area (Å²) in [6, 6.07) is 15.0. The molecular weight excluding hydrogens is 326 g/mol. The largest absolute Gasteiger partial charge is 0.357 e. The molecule has 1 aliphatic heterocycles. The van der Waals surface area contributed by atoms with Crippen LogP contribution in [0.1, 0.15) is 29.5 Å². The highest BCUT2D eigenvalue weighted by Crippen LogP contribution is 2.22. The number of benzene rings is 1. The summed E-state index contributed by atoms with van der Waals surface area (Å²) in [7, 11) is 0. The van der Waals surface area contributed by atoms with E-state index < -0.39 is 0 Å². The summed E-state index contributed by atoms with van der Waals surface area (Å²) in [5.41, 5.74) is 2.14. The number of nitrogens with zero attached hydrogens (tertiary/aromatic N) is 4. The fourth-order valence-corrected chi connectivity index (χ4v) is 3.04. The maximum absolute atomic E-state index is 12.4. The normalized spacial score (nSPS) is 14.3. The van der Waals surface area contributed by atoms with Gasteiger partial charge in [0.25, 0.3) is 0 Å². The van der Waals surface area contributed by atoms with Crippen molar-refractivity contribution in [1.82, 2.24) is 10.3 Å². The summed E-state index contributed by atoms with van der Waals surface area (Å²) in [5, 5.41) is 20.6. The zero-order valence-corrected chi connectivity index (χ0v) is 14.4. The van der Waals surface area contributed by atoms with Gasteiger partial charge < -0.3 is 10.2 Å².